The van der Waals surface area contributed by atoms with Crippen molar-refractivity contribution >= 4 is 11.3 Å². The molecule has 0 radical (unpaired) electrons. The van der Waals surface area contributed by atoms with Crippen LogP contribution in [0.4, 0.5) is 5.69 Å². The second kappa shape index (κ2) is 6.53. The predicted octanol–water partition coefficient (Wildman–Crippen LogP) is 2.37. The first-order valence-electron chi connectivity index (χ1n) is 7.28. The van der Waals surface area contributed by atoms with Gasteiger partial charge in [-0.2, -0.15) is 9.61 Å². The molecule has 6 nitrogen and oxygen atoms in total. The minimum absolute atomic E-state index is 0.621. The van der Waals surface area contributed by atoms with E-state index in [9.17, 15) is 0 Å². The summed E-state index contributed by atoms with van der Waals surface area (Å²) < 4.78 is 7.37. The van der Waals surface area contributed by atoms with E-state index in [1.165, 1.54) is 5.56 Å². The zero-order valence-corrected chi connectivity index (χ0v) is 12.8. The van der Waals surface area contributed by atoms with E-state index in [-0.39, 0.29) is 0 Å². The number of aryl methyl sites for hydroxylation is 1. The van der Waals surface area contributed by atoms with E-state index in [0.717, 1.165) is 22.6 Å². The smallest absolute Gasteiger partial charge is 0.200 e. The van der Waals surface area contributed by atoms with E-state index in [4.69, 9.17) is 4.74 Å². The molecule has 1 aromatic carbocycles. The Labute approximate surface area is 129 Å². The van der Waals surface area contributed by atoms with Crippen LogP contribution in [0.1, 0.15) is 16.8 Å². The predicted molar refractivity (Wildman–Crippen MR) is 84.8 cm³/mol. The summed E-state index contributed by atoms with van der Waals surface area (Å²) in [4.78, 5) is 0. The number of fused-ring (bicyclic) bond motifs is 1. The van der Waals surface area contributed by atoms with E-state index in [1.807, 2.05) is 32.0 Å². The molecule has 114 valence electrons. The van der Waals surface area contributed by atoms with Crippen molar-refractivity contribution in [3.8, 4) is 0 Å². The van der Waals surface area contributed by atoms with E-state index in [1.54, 1.807) is 10.8 Å². The van der Waals surface area contributed by atoms with Crippen molar-refractivity contribution < 1.29 is 4.74 Å². The van der Waals surface area contributed by atoms with Gasteiger partial charge >= 0.3 is 0 Å². The fourth-order valence-electron chi connectivity index (χ4n) is 2.28. The Morgan fingerprint density at radius 2 is 2.00 bits per heavy atom. The summed E-state index contributed by atoms with van der Waals surface area (Å²) in [6, 6.07) is 10.2. The molecule has 0 unspecified atom stereocenters. The number of ether oxygens (including phenoxy) is 1. The Bertz CT molecular complexity index is 754. The van der Waals surface area contributed by atoms with Crippen LogP contribution in [0.5, 0.6) is 0 Å². The standard InChI is InChI=1S/C16H19N5O/c1-12-13(2)20-21-11-18-19-16(21)15(12)17-8-9-22-10-14-6-4-3-5-7-14/h3-7,11,17H,8-10H2,1-2H3. The Morgan fingerprint density at radius 3 is 2.82 bits per heavy atom. The van der Waals surface area contributed by atoms with Gasteiger partial charge in [-0.25, -0.2) is 0 Å². The zero-order valence-electron chi connectivity index (χ0n) is 12.8. The maximum atomic E-state index is 5.68. The van der Waals surface area contributed by atoms with Crippen LogP contribution in [0.15, 0.2) is 36.7 Å². The number of benzene rings is 1. The largest absolute Gasteiger partial charge is 0.379 e. The number of rotatable bonds is 6. The highest BCUT2D eigenvalue weighted by molar-refractivity contribution is 5.71. The number of hydrogen-bond acceptors (Lipinski definition) is 5. The molecule has 0 bridgehead atoms. The second-order valence-corrected chi connectivity index (χ2v) is 5.15. The molecule has 0 aliphatic rings. The van der Waals surface area contributed by atoms with Gasteiger partial charge in [-0.3, -0.25) is 0 Å². The first-order chi connectivity index (χ1) is 10.8. The third-order valence-corrected chi connectivity index (χ3v) is 3.59. The van der Waals surface area contributed by atoms with Crippen LogP contribution >= 0.6 is 0 Å². The lowest BCUT2D eigenvalue weighted by atomic mass is 10.2. The van der Waals surface area contributed by atoms with Gasteiger partial charge < -0.3 is 10.1 Å². The Kier molecular flexibility index (Phi) is 4.29. The van der Waals surface area contributed by atoms with Crippen molar-refractivity contribution in [1.29, 1.82) is 0 Å². The minimum atomic E-state index is 0.621. The van der Waals surface area contributed by atoms with E-state index in [2.05, 4.69) is 32.7 Å². The van der Waals surface area contributed by atoms with Crippen LogP contribution in [0.3, 0.4) is 0 Å². The summed E-state index contributed by atoms with van der Waals surface area (Å²) >= 11 is 0. The Hall–Kier alpha value is -2.47. The molecule has 22 heavy (non-hydrogen) atoms. The third kappa shape index (κ3) is 3.07. The van der Waals surface area contributed by atoms with E-state index in [0.29, 0.717) is 19.8 Å². The second-order valence-electron chi connectivity index (χ2n) is 5.15. The number of nitrogens with one attached hydrogen (secondary N) is 1. The van der Waals surface area contributed by atoms with Gasteiger partial charge in [0.15, 0.2) is 0 Å². The molecule has 6 heteroatoms. The molecular formula is C16H19N5O. The van der Waals surface area contributed by atoms with Crippen LogP contribution in [-0.4, -0.2) is 33.0 Å². The molecule has 0 aliphatic carbocycles. The summed E-state index contributed by atoms with van der Waals surface area (Å²) in [5.41, 5.74) is 4.93. The molecule has 3 aromatic rings. The molecule has 0 spiro atoms. The van der Waals surface area contributed by atoms with E-state index >= 15 is 0 Å². The molecule has 1 N–H and O–H groups in total. The van der Waals surface area contributed by atoms with Gasteiger partial charge in [-0.1, -0.05) is 30.3 Å². The Balaban J connectivity index is 1.58. The molecule has 0 atom stereocenters. The Morgan fingerprint density at radius 1 is 1.18 bits per heavy atom. The quantitative estimate of drug-likeness (QED) is 0.708. The molecule has 2 aromatic heterocycles. The molecule has 0 saturated carbocycles. The first kappa shape index (κ1) is 14.5. The van der Waals surface area contributed by atoms with Gasteiger partial charge in [-0.15, -0.1) is 10.2 Å². The maximum absolute atomic E-state index is 5.68. The van der Waals surface area contributed by atoms with Gasteiger partial charge in [-0.05, 0) is 25.0 Å². The lowest BCUT2D eigenvalue weighted by Gasteiger charge is -2.12. The number of hydrogen-bond donors (Lipinski definition) is 1. The summed E-state index contributed by atoms with van der Waals surface area (Å²) in [6.45, 7) is 5.96. The van der Waals surface area contributed by atoms with Crippen molar-refractivity contribution in [2.75, 3.05) is 18.5 Å². The number of aromatic nitrogens is 4. The minimum Gasteiger partial charge on any atom is -0.379 e. The first-order valence-corrected chi connectivity index (χ1v) is 7.28. The van der Waals surface area contributed by atoms with Gasteiger partial charge in [0.1, 0.15) is 6.33 Å². The van der Waals surface area contributed by atoms with Crippen molar-refractivity contribution in [3.63, 3.8) is 0 Å². The fraction of sp³-hybridized carbons (Fsp3) is 0.312. The summed E-state index contributed by atoms with van der Waals surface area (Å²) in [6.07, 6.45) is 1.61. The molecule has 3 rings (SSSR count). The van der Waals surface area contributed by atoms with Crippen molar-refractivity contribution in [2.45, 2.75) is 20.5 Å². The van der Waals surface area contributed by atoms with Gasteiger partial charge in [0, 0.05) is 6.54 Å². The van der Waals surface area contributed by atoms with E-state index < -0.39 is 0 Å². The molecular weight excluding hydrogens is 278 g/mol. The topological polar surface area (TPSA) is 64.3 Å². The molecule has 0 fully saturated rings. The van der Waals surface area contributed by atoms with Gasteiger partial charge in [0.25, 0.3) is 0 Å². The monoisotopic (exact) mass is 297 g/mol. The van der Waals surface area contributed by atoms with Crippen molar-refractivity contribution in [3.05, 3.63) is 53.5 Å². The SMILES string of the molecule is Cc1nn2cnnc2c(NCCOCc2ccccc2)c1C. The van der Waals surface area contributed by atoms with Gasteiger partial charge in [0.05, 0.1) is 24.6 Å². The van der Waals surface area contributed by atoms with Crippen molar-refractivity contribution in [1.82, 2.24) is 19.8 Å². The summed E-state index contributed by atoms with van der Waals surface area (Å²) in [7, 11) is 0. The summed E-state index contributed by atoms with van der Waals surface area (Å²) in [5.74, 6) is 0. The van der Waals surface area contributed by atoms with Crippen LogP contribution in [0.25, 0.3) is 5.65 Å². The van der Waals surface area contributed by atoms with Crippen LogP contribution < -0.4 is 5.32 Å². The molecule has 0 saturated heterocycles. The van der Waals surface area contributed by atoms with Crippen LogP contribution in [0.2, 0.25) is 0 Å². The molecule has 2 heterocycles. The third-order valence-electron chi connectivity index (χ3n) is 3.59. The number of anilines is 1. The molecule has 0 amide bonds. The zero-order chi connectivity index (χ0) is 15.4. The average Bonchev–Trinajstić information content (AvgIpc) is 2.99. The molecule has 0 aliphatic heterocycles. The summed E-state index contributed by atoms with van der Waals surface area (Å²) in [5, 5.41) is 15.8. The lowest BCUT2D eigenvalue weighted by molar-refractivity contribution is 0.130. The van der Waals surface area contributed by atoms with Crippen molar-refractivity contribution in [2.24, 2.45) is 0 Å². The highest BCUT2D eigenvalue weighted by atomic mass is 16.5. The number of nitrogens with zero attached hydrogens (tertiary/aromatic N) is 4. The fourth-order valence-corrected chi connectivity index (χ4v) is 2.28. The van der Waals surface area contributed by atoms with Crippen LogP contribution in [-0.2, 0) is 11.3 Å². The normalized spacial score (nSPS) is 11.0. The average molecular weight is 297 g/mol. The maximum Gasteiger partial charge on any atom is 0.200 e. The highest BCUT2D eigenvalue weighted by Crippen LogP contribution is 2.20. The highest BCUT2D eigenvalue weighted by Gasteiger charge is 2.10. The van der Waals surface area contributed by atoms with Crippen LogP contribution in [0, 0.1) is 13.8 Å². The lowest BCUT2D eigenvalue weighted by Crippen LogP contribution is -2.12. The van der Waals surface area contributed by atoms with Gasteiger partial charge in [0.2, 0.25) is 5.65 Å².